The van der Waals surface area contributed by atoms with Crippen molar-refractivity contribution in [3.8, 4) is 0 Å². The lowest BCUT2D eigenvalue weighted by atomic mass is 10.0. The molecule has 0 aliphatic carbocycles. The van der Waals surface area contributed by atoms with Crippen LogP contribution in [0.15, 0.2) is 12.0 Å². The summed E-state index contributed by atoms with van der Waals surface area (Å²) in [4.78, 5) is 38.9. The van der Waals surface area contributed by atoms with Crippen LogP contribution in [0.25, 0.3) is 0 Å². The molecule has 124 valence electrons. The number of ketones is 2. The second-order valence-electron chi connectivity index (χ2n) is 5.29. The van der Waals surface area contributed by atoms with Gasteiger partial charge in [0.1, 0.15) is 19.5 Å². The minimum atomic E-state index is -1.02. The smallest absolute Gasteiger partial charge is 0.377 e. The minimum Gasteiger partial charge on any atom is -0.493 e. The summed E-state index contributed by atoms with van der Waals surface area (Å²) in [6, 6.07) is 0. The summed E-state index contributed by atoms with van der Waals surface area (Å²) in [5.41, 5.74) is 1.92. The molecule has 7 nitrogen and oxygen atoms in total. The van der Waals surface area contributed by atoms with Crippen molar-refractivity contribution in [2.75, 3.05) is 13.2 Å². The first kappa shape index (κ1) is 16.8. The summed E-state index contributed by atoms with van der Waals surface area (Å²) < 4.78 is 15.2. The Morgan fingerprint density at radius 2 is 1.96 bits per heavy atom. The second kappa shape index (κ2) is 6.68. The van der Waals surface area contributed by atoms with Gasteiger partial charge in [-0.15, -0.1) is 0 Å². The molecule has 2 heterocycles. The van der Waals surface area contributed by atoms with Crippen molar-refractivity contribution < 1.29 is 28.6 Å². The number of aromatic nitrogens is 1. The van der Waals surface area contributed by atoms with Crippen LogP contribution in [-0.4, -0.2) is 41.8 Å². The lowest BCUT2D eigenvalue weighted by Crippen LogP contribution is -2.27. The highest BCUT2D eigenvalue weighted by Gasteiger charge is 2.27. The van der Waals surface area contributed by atoms with Crippen molar-refractivity contribution in [2.45, 2.75) is 33.8 Å². The van der Waals surface area contributed by atoms with Gasteiger partial charge in [0.2, 0.25) is 11.5 Å². The van der Waals surface area contributed by atoms with E-state index in [9.17, 15) is 14.4 Å². The number of H-pyrrole nitrogens is 1. The van der Waals surface area contributed by atoms with Crippen molar-refractivity contribution in [2.24, 2.45) is 0 Å². The van der Waals surface area contributed by atoms with Crippen LogP contribution in [0.2, 0.25) is 0 Å². The highest BCUT2D eigenvalue weighted by Crippen LogP contribution is 2.21. The van der Waals surface area contributed by atoms with Crippen molar-refractivity contribution >= 4 is 17.5 Å². The number of carbonyl (C=O) groups is 3. The summed E-state index contributed by atoms with van der Waals surface area (Å²) >= 11 is 0. The third-order valence-electron chi connectivity index (χ3n) is 3.54. The Balaban J connectivity index is 2.14. The number of Topliss-reactive ketones (excluding diaryl/α,β-unsaturated/α-hetero) is 2. The van der Waals surface area contributed by atoms with Gasteiger partial charge in [0, 0.05) is 11.3 Å². The number of aryl methyl sites for hydroxylation is 1. The largest absolute Gasteiger partial charge is 0.493 e. The van der Waals surface area contributed by atoms with E-state index in [0.29, 0.717) is 23.4 Å². The second-order valence-corrected chi connectivity index (χ2v) is 5.29. The zero-order valence-electron chi connectivity index (χ0n) is 13.5. The van der Waals surface area contributed by atoms with E-state index < -0.39 is 17.9 Å². The van der Waals surface area contributed by atoms with E-state index in [4.69, 9.17) is 14.2 Å². The van der Waals surface area contributed by atoms with Crippen LogP contribution in [0.1, 0.15) is 46.0 Å². The summed E-state index contributed by atoms with van der Waals surface area (Å²) in [5, 5.41) is 0. The van der Waals surface area contributed by atoms with Crippen LogP contribution >= 0.6 is 0 Å². The number of ether oxygens (including phenoxy) is 3. The van der Waals surface area contributed by atoms with Gasteiger partial charge >= 0.3 is 5.97 Å². The van der Waals surface area contributed by atoms with Crippen LogP contribution < -0.4 is 0 Å². The van der Waals surface area contributed by atoms with Gasteiger partial charge in [-0.1, -0.05) is 0 Å². The van der Waals surface area contributed by atoms with Gasteiger partial charge in [0.15, 0.2) is 11.9 Å². The average molecular weight is 321 g/mol. The lowest BCUT2D eigenvalue weighted by molar-refractivity contribution is -0.147. The van der Waals surface area contributed by atoms with Gasteiger partial charge in [-0.05, 0) is 33.3 Å². The summed E-state index contributed by atoms with van der Waals surface area (Å²) in [6.45, 7) is 6.92. The molecule has 0 fully saturated rings. The predicted octanol–water partition coefficient (Wildman–Crippen LogP) is 1.84. The molecule has 0 saturated heterocycles. The maximum atomic E-state index is 12.5. The summed E-state index contributed by atoms with van der Waals surface area (Å²) in [6.07, 6.45) is 0.145. The molecule has 1 N–H and O–H groups in total. The molecule has 1 aliphatic rings. The number of rotatable bonds is 5. The Morgan fingerprint density at radius 3 is 2.48 bits per heavy atom. The Morgan fingerprint density at radius 1 is 1.26 bits per heavy atom. The van der Waals surface area contributed by atoms with Gasteiger partial charge in [-0.2, -0.15) is 0 Å². The van der Waals surface area contributed by atoms with Crippen molar-refractivity contribution in [3.63, 3.8) is 0 Å². The first-order valence-corrected chi connectivity index (χ1v) is 7.22. The topological polar surface area (TPSA) is 94.7 Å². The minimum absolute atomic E-state index is 0.0697. The van der Waals surface area contributed by atoms with Gasteiger partial charge in [0.05, 0.1) is 5.69 Å². The molecule has 0 aromatic carbocycles. The first-order valence-electron chi connectivity index (χ1n) is 7.22. The molecule has 0 spiro atoms. The highest BCUT2D eigenvalue weighted by atomic mass is 16.6. The van der Waals surface area contributed by atoms with E-state index in [1.807, 2.05) is 0 Å². The van der Waals surface area contributed by atoms with Crippen LogP contribution in [0, 0.1) is 13.8 Å². The molecule has 0 radical (unpaired) electrons. The zero-order valence-corrected chi connectivity index (χ0v) is 13.5. The van der Waals surface area contributed by atoms with Gasteiger partial charge < -0.3 is 19.2 Å². The maximum absolute atomic E-state index is 12.5. The molecule has 1 aliphatic heterocycles. The van der Waals surface area contributed by atoms with Crippen LogP contribution in [0.5, 0.6) is 0 Å². The van der Waals surface area contributed by atoms with Crippen LogP contribution in [0.3, 0.4) is 0 Å². The molecule has 0 bridgehead atoms. The van der Waals surface area contributed by atoms with E-state index in [1.54, 1.807) is 13.8 Å². The van der Waals surface area contributed by atoms with Crippen LogP contribution in [0.4, 0.5) is 0 Å². The molecule has 1 aromatic heterocycles. The fourth-order valence-electron chi connectivity index (χ4n) is 2.48. The number of hydrogen-bond acceptors (Lipinski definition) is 6. The number of carbonyl (C=O) groups excluding carboxylic acids is 3. The zero-order chi connectivity index (χ0) is 17.1. The number of aromatic amines is 1. The third-order valence-corrected chi connectivity index (χ3v) is 3.54. The molecule has 0 saturated carbocycles. The SMILES string of the molecule is CC(=O)c1c(C)[nH]c(C(=O)[C@@H](C)OC(=O)C2=COCCO2)c1C. The molecule has 1 atom stereocenters. The summed E-state index contributed by atoms with van der Waals surface area (Å²) in [5.74, 6) is -1.38. The molecule has 1 aromatic rings. The molecule has 2 rings (SSSR count). The molecule has 0 amide bonds. The number of hydrogen-bond donors (Lipinski definition) is 1. The fourth-order valence-corrected chi connectivity index (χ4v) is 2.48. The Labute approximate surface area is 133 Å². The Bertz CT molecular complexity index is 685. The predicted molar refractivity (Wildman–Crippen MR) is 80.1 cm³/mol. The highest BCUT2D eigenvalue weighted by molar-refractivity contribution is 6.05. The molecular formula is C16H19NO6. The van der Waals surface area contributed by atoms with Crippen LogP contribution in [-0.2, 0) is 19.0 Å². The molecular weight excluding hydrogens is 302 g/mol. The number of esters is 1. The quantitative estimate of drug-likeness (QED) is 0.657. The van der Waals surface area contributed by atoms with E-state index in [0.717, 1.165) is 0 Å². The van der Waals surface area contributed by atoms with Gasteiger partial charge in [-0.25, -0.2) is 4.79 Å². The monoisotopic (exact) mass is 321 g/mol. The molecule has 23 heavy (non-hydrogen) atoms. The number of nitrogens with one attached hydrogen (secondary N) is 1. The van der Waals surface area contributed by atoms with E-state index in [1.165, 1.54) is 20.1 Å². The normalized spacial score (nSPS) is 15.0. The maximum Gasteiger partial charge on any atom is 0.377 e. The van der Waals surface area contributed by atoms with Crippen molar-refractivity contribution in [1.29, 1.82) is 0 Å². The Hall–Kier alpha value is -2.57. The van der Waals surface area contributed by atoms with E-state index in [-0.39, 0.29) is 23.8 Å². The standard InChI is InChI=1S/C16H19NO6/c1-8-13(10(3)18)9(2)17-14(8)15(19)11(4)23-16(20)12-7-21-5-6-22-12/h7,11,17H,5-6H2,1-4H3/t11-/m1/s1. The average Bonchev–Trinajstić information content (AvgIpc) is 2.82. The van der Waals surface area contributed by atoms with Gasteiger partial charge in [0.25, 0.3) is 0 Å². The third kappa shape index (κ3) is 3.44. The lowest BCUT2D eigenvalue weighted by Gasteiger charge is -2.17. The molecule has 0 unspecified atom stereocenters. The summed E-state index contributed by atoms with van der Waals surface area (Å²) in [7, 11) is 0. The Kier molecular flexibility index (Phi) is 4.88. The molecule has 7 heteroatoms. The van der Waals surface area contributed by atoms with E-state index >= 15 is 0 Å². The van der Waals surface area contributed by atoms with Crippen molar-refractivity contribution in [3.05, 3.63) is 34.5 Å². The first-order chi connectivity index (χ1) is 10.8. The van der Waals surface area contributed by atoms with E-state index in [2.05, 4.69) is 4.98 Å². The van der Waals surface area contributed by atoms with Crippen molar-refractivity contribution in [1.82, 2.24) is 4.98 Å². The fraction of sp³-hybridized carbons (Fsp3) is 0.438. The van der Waals surface area contributed by atoms with Gasteiger partial charge in [-0.3, -0.25) is 9.59 Å².